The average molecular weight is 160 g/mol. The predicted molar refractivity (Wildman–Crippen MR) is 23.2 cm³/mol. The van der Waals surface area contributed by atoms with E-state index in [1.54, 1.807) is 0 Å². The van der Waals surface area contributed by atoms with E-state index in [1.165, 1.54) is 0 Å². The summed E-state index contributed by atoms with van der Waals surface area (Å²) in [5, 5.41) is 17.5. The van der Waals surface area contributed by atoms with Crippen molar-refractivity contribution in [1.29, 1.82) is 0 Å². The molecule has 0 aliphatic rings. The first-order valence-electron chi connectivity index (χ1n) is 1.65. The summed E-state index contributed by atoms with van der Waals surface area (Å²) < 4.78 is 9.95. The number of nitrogens with two attached hydrogens (primary N) is 1. The van der Waals surface area contributed by atoms with E-state index in [0.717, 1.165) is 0 Å². The van der Waals surface area contributed by atoms with Crippen LogP contribution in [0.1, 0.15) is 0 Å². The van der Waals surface area contributed by atoms with Crippen LogP contribution in [0.2, 0.25) is 0 Å². The van der Waals surface area contributed by atoms with Crippen LogP contribution in [0.15, 0.2) is 0 Å². The maximum absolute atomic E-state index is 9.95. The minimum Gasteiger partial charge on any atom is -0.790 e. The monoisotopic (exact) mass is 160 g/mol. The Bertz CT molecular complexity index is 126. The number of hydrogen-bond acceptors (Lipinski definition) is 4. The zero-order valence-corrected chi connectivity index (χ0v) is 7.67. The molecular weight excluding hydrogens is 156 g/mol. The molecule has 2 unspecified atom stereocenters. The molecule has 7 heteroatoms. The summed E-state index contributed by atoms with van der Waals surface area (Å²) in [6.07, 6.45) is 0. The smallest absolute Gasteiger partial charge is 0.790 e. The van der Waals surface area contributed by atoms with Crippen LogP contribution in [0.25, 0.3) is 0 Å². The van der Waals surface area contributed by atoms with Gasteiger partial charge in [0.05, 0.1) is 0 Å². The fourth-order valence-electron chi connectivity index (χ4n) is 0.109. The molecule has 0 spiro atoms. The first-order chi connectivity index (χ1) is 3.55. The summed E-state index contributed by atoms with van der Waals surface area (Å²) in [6.45, 7) is 0. The van der Waals surface area contributed by atoms with Gasteiger partial charge in [0.15, 0.2) is 0 Å². The van der Waals surface area contributed by atoms with Crippen molar-refractivity contribution in [3.8, 4) is 0 Å². The third-order valence-corrected chi connectivity index (χ3v) is 1.25. The van der Waals surface area contributed by atoms with Crippen LogP contribution in [0.4, 0.5) is 4.79 Å². The summed E-state index contributed by atoms with van der Waals surface area (Å²) in [5.74, 6) is 0. The van der Waals surface area contributed by atoms with Gasteiger partial charge in [-0.2, -0.15) is 0 Å². The van der Waals surface area contributed by atoms with E-state index >= 15 is 0 Å². The molecule has 0 saturated carbocycles. The third-order valence-electron chi connectivity index (χ3n) is 0.418. The molecular formula is C2H4NNaO4P+. The van der Waals surface area contributed by atoms with E-state index in [-0.39, 0.29) is 29.6 Å². The van der Waals surface area contributed by atoms with Gasteiger partial charge in [-0.05, 0) is 0 Å². The Labute approximate surface area is 74.3 Å². The van der Waals surface area contributed by atoms with Crippen LogP contribution >= 0.6 is 7.80 Å². The molecule has 2 atom stereocenters. The van der Waals surface area contributed by atoms with Crippen LogP contribution < -0.4 is 40.4 Å². The zero-order valence-electron chi connectivity index (χ0n) is 4.77. The Morgan fingerprint density at radius 2 is 2.11 bits per heavy atom. The molecule has 0 radical (unpaired) electrons. The fraction of sp³-hybridized carbons (Fsp3) is 0.500. The van der Waals surface area contributed by atoms with Gasteiger partial charge in [-0.25, -0.2) is 4.79 Å². The zero-order chi connectivity index (χ0) is 6.73. The average Bonchev–Trinajstić information content (AvgIpc) is 1.64. The van der Waals surface area contributed by atoms with E-state index in [1.807, 2.05) is 0 Å². The van der Waals surface area contributed by atoms with E-state index in [2.05, 4.69) is 5.73 Å². The minimum absolute atomic E-state index is 0. The number of hydrogen-bond donors (Lipinski definition) is 2. The van der Waals surface area contributed by atoms with Crippen molar-refractivity contribution < 1.29 is 49.1 Å². The molecule has 0 fully saturated rings. The van der Waals surface area contributed by atoms with E-state index < -0.39 is 19.5 Å². The summed E-state index contributed by atoms with van der Waals surface area (Å²) in [4.78, 5) is 9.72. The van der Waals surface area contributed by atoms with Gasteiger partial charge in [0, 0.05) is 0 Å². The molecule has 3 N–H and O–H groups in total. The van der Waals surface area contributed by atoms with Gasteiger partial charge in [-0.15, -0.1) is 0 Å². The van der Waals surface area contributed by atoms with Crippen molar-refractivity contribution in [3.63, 3.8) is 0 Å². The topological polar surface area (TPSA) is 103 Å². The molecule has 0 aromatic carbocycles. The van der Waals surface area contributed by atoms with Crippen LogP contribution in [0, 0.1) is 0 Å². The standard InChI is InChI=1S/C2H4NO4P.Na/c3-1(4)8(7)2(5)6;/h2,5H,(H2,3,4);/q;+1. The maximum Gasteiger partial charge on any atom is 1.00 e. The number of aliphatic hydroxyl groups excluding tert-OH is 1. The van der Waals surface area contributed by atoms with Gasteiger partial charge in [0.25, 0.3) is 0 Å². The molecule has 0 aromatic rings. The van der Waals surface area contributed by atoms with Gasteiger partial charge in [-0.3, -0.25) is 0 Å². The summed E-state index contributed by atoms with van der Waals surface area (Å²) in [5.41, 5.74) is 3.09. The number of rotatable bonds is 2. The molecule has 0 aromatic heterocycles. The van der Waals surface area contributed by atoms with E-state index in [4.69, 9.17) is 5.11 Å². The third kappa shape index (κ3) is 4.96. The van der Waals surface area contributed by atoms with Crippen molar-refractivity contribution in [2.45, 2.75) is 6.03 Å². The van der Waals surface area contributed by atoms with Crippen LogP contribution in [-0.4, -0.2) is 16.8 Å². The molecule has 0 aliphatic carbocycles. The van der Waals surface area contributed by atoms with Crippen molar-refractivity contribution in [2.24, 2.45) is 5.73 Å². The van der Waals surface area contributed by atoms with Gasteiger partial charge in [0.1, 0.15) is 0 Å². The Morgan fingerprint density at radius 3 is 2.11 bits per heavy atom. The van der Waals surface area contributed by atoms with Gasteiger partial charge in [-0.1, -0.05) is 4.57 Å². The first-order valence-corrected chi connectivity index (χ1v) is 2.98. The molecule has 0 rings (SSSR count). The van der Waals surface area contributed by atoms with Crippen LogP contribution in [0.5, 0.6) is 0 Å². The maximum atomic E-state index is 9.95. The predicted octanol–water partition coefficient (Wildman–Crippen LogP) is -4.47. The quantitative estimate of drug-likeness (QED) is 0.241. The van der Waals surface area contributed by atoms with Crippen molar-refractivity contribution in [2.75, 3.05) is 0 Å². The van der Waals surface area contributed by atoms with Gasteiger partial charge >= 0.3 is 43.0 Å². The molecule has 46 valence electrons. The second-order valence-corrected chi connectivity index (χ2v) is 2.52. The SMILES string of the molecule is NC(=O)[P+](=O)C([O-])O.[Na+]. The van der Waals surface area contributed by atoms with Gasteiger partial charge in [0.2, 0.25) is 6.03 Å². The first kappa shape index (κ1) is 12.2. The molecule has 0 heterocycles. The fourth-order valence-corrected chi connectivity index (χ4v) is 0.327. The Kier molecular flexibility index (Phi) is 7.16. The second-order valence-electron chi connectivity index (χ2n) is 0.990. The van der Waals surface area contributed by atoms with Crippen LogP contribution in [0.3, 0.4) is 0 Å². The van der Waals surface area contributed by atoms with Crippen LogP contribution in [-0.2, 0) is 4.57 Å². The largest absolute Gasteiger partial charge is 1.00 e. The Hall–Kier alpha value is 0.490. The molecule has 5 nitrogen and oxygen atoms in total. The molecule has 9 heavy (non-hydrogen) atoms. The van der Waals surface area contributed by atoms with Crippen molar-refractivity contribution >= 4 is 13.4 Å². The molecule has 0 saturated heterocycles. The Balaban J connectivity index is 0. The van der Waals surface area contributed by atoms with Crippen molar-refractivity contribution in [1.82, 2.24) is 0 Å². The number of carbonyl (C=O) groups excluding carboxylic acids is 1. The summed E-state index contributed by atoms with van der Waals surface area (Å²) in [7, 11) is -2.81. The summed E-state index contributed by atoms with van der Waals surface area (Å²) in [6, 6.07) is -2.37. The summed E-state index contributed by atoms with van der Waals surface area (Å²) >= 11 is 0. The number of aliphatic hydroxyl groups is 1. The second kappa shape index (κ2) is 5.29. The molecule has 0 aliphatic heterocycles. The molecule has 1 amide bonds. The number of primary amides is 1. The van der Waals surface area contributed by atoms with E-state index in [9.17, 15) is 14.5 Å². The number of carbonyl (C=O) groups is 1. The van der Waals surface area contributed by atoms with E-state index in [0.29, 0.717) is 0 Å². The minimum atomic E-state index is -2.81. The normalized spacial score (nSPS) is 13.3. The number of amides is 1. The Morgan fingerprint density at radius 1 is 1.78 bits per heavy atom. The van der Waals surface area contributed by atoms with Gasteiger partial charge < -0.3 is 15.9 Å². The van der Waals surface area contributed by atoms with Crippen molar-refractivity contribution in [3.05, 3.63) is 0 Å². The molecule has 0 bridgehead atoms.